The maximum absolute atomic E-state index is 11.2. The van der Waals surface area contributed by atoms with Gasteiger partial charge in [-0.3, -0.25) is 4.79 Å². The number of ether oxygens (including phenoxy) is 3. The molecule has 0 spiro atoms. The molecule has 3 heterocycles. The van der Waals surface area contributed by atoms with Gasteiger partial charge in [-0.05, 0) is 11.6 Å². The Morgan fingerprint density at radius 1 is 1.15 bits per heavy atom. The molecule has 1 saturated heterocycles. The summed E-state index contributed by atoms with van der Waals surface area (Å²) in [5, 5.41) is 0. The molecular formula is C20H17N3O4. The minimum atomic E-state index is 0.00419. The molecule has 1 fully saturated rings. The van der Waals surface area contributed by atoms with Crippen LogP contribution in [0.3, 0.4) is 0 Å². The summed E-state index contributed by atoms with van der Waals surface area (Å²) in [4.78, 5) is 24.0. The van der Waals surface area contributed by atoms with Gasteiger partial charge in [-0.1, -0.05) is 30.3 Å². The van der Waals surface area contributed by atoms with E-state index >= 15 is 0 Å². The van der Waals surface area contributed by atoms with E-state index in [0.717, 1.165) is 5.56 Å². The molecular weight excluding hydrogens is 346 g/mol. The normalized spacial score (nSPS) is 13.6. The first-order chi connectivity index (χ1) is 13.3. The van der Waals surface area contributed by atoms with E-state index in [1.165, 1.54) is 6.20 Å². The topological polar surface area (TPSA) is 83.4 Å². The van der Waals surface area contributed by atoms with Gasteiger partial charge in [0.1, 0.15) is 24.2 Å². The van der Waals surface area contributed by atoms with Gasteiger partial charge in [0.2, 0.25) is 5.88 Å². The Kier molecular flexibility index (Phi) is 5.02. The van der Waals surface area contributed by atoms with E-state index in [9.17, 15) is 4.79 Å². The van der Waals surface area contributed by atoms with Crippen LogP contribution in [0.5, 0.6) is 11.6 Å². The molecule has 136 valence electrons. The zero-order valence-electron chi connectivity index (χ0n) is 14.4. The second-order valence-corrected chi connectivity index (χ2v) is 5.99. The minimum Gasteiger partial charge on any atom is -0.487 e. The van der Waals surface area contributed by atoms with Crippen LogP contribution < -0.4 is 9.47 Å². The molecule has 0 unspecified atom stereocenters. The number of benzene rings is 1. The zero-order chi connectivity index (χ0) is 18.5. The number of hydrogen-bond acceptors (Lipinski definition) is 7. The molecule has 1 aliphatic rings. The standard InChI is InChI=1S/C20H17N3O4/c24-10-15-8-17(18(9-22-15)26-11-14-4-2-1-3-5-14)20-21-7-6-19(23-20)27-16-12-25-13-16/h1-10,16H,11-13H2. The Labute approximate surface area is 156 Å². The number of pyridine rings is 1. The minimum absolute atomic E-state index is 0.00419. The molecule has 3 aromatic rings. The highest BCUT2D eigenvalue weighted by Crippen LogP contribution is 2.29. The number of aromatic nitrogens is 3. The number of carbonyl (C=O) groups is 1. The first-order valence-corrected chi connectivity index (χ1v) is 8.51. The third-order valence-electron chi connectivity index (χ3n) is 4.01. The van der Waals surface area contributed by atoms with Gasteiger partial charge in [-0.25, -0.2) is 9.97 Å². The summed E-state index contributed by atoms with van der Waals surface area (Å²) in [6.07, 6.45) is 3.80. The van der Waals surface area contributed by atoms with Crippen LogP contribution in [0.25, 0.3) is 11.4 Å². The summed E-state index contributed by atoms with van der Waals surface area (Å²) in [5.74, 6) is 1.35. The Morgan fingerprint density at radius 2 is 2.00 bits per heavy atom. The Hall–Kier alpha value is -3.32. The lowest BCUT2D eigenvalue weighted by molar-refractivity contribution is -0.0813. The molecule has 0 atom stereocenters. The van der Waals surface area contributed by atoms with Crippen LogP contribution in [0, 0.1) is 0 Å². The molecule has 27 heavy (non-hydrogen) atoms. The molecule has 2 aromatic heterocycles. The summed E-state index contributed by atoms with van der Waals surface area (Å²) in [6.45, 7) is 1.47. The zero-order valence-corrected chi connectivity index (χ0v) is 14.4. The third kappa shape index (κ3) is 4.09. The largest absolute Gasteiger partial charge is 0.487 e. The van der Waals surface area contributed by atoms with Crippen molar-refractivity contribution in [2.75, 3.05) is 13.2 Å². The van der Waals surface area contributed by atoms with Crippen LogP contribution in [0.2, 0.25) is 0 Å². The van der Waals surface area contributed by atoms with Gasteiger partial charge in [0, 0.05) is 12.3 Å². The average molecular weight is 363 g/mol. The van der Waals surface area contributed by atoms with Crippen molar-refractivity contribution in [2.24, 2.45) is 0 Å². The highest BCUT2D eigenvalue weighted by atomic mass is 16.6. The summed E-state index contributed by atoms with van der Waals surface area (Å²) < 4.78 is 16.8. The second kappa shape index (κ2) is 7.92. The molecule has 1 aromatic carbocycles. The van der Waals surface area contributed by atoms with E-state index in [1.54, 1.807) is 18.3 Å². The molecule has 0 saturated carbocycles. The molecule has 0 N–H and O–H groups in total. The molecule has 1 aliphatic heterocycles. The predicted octanol–water partition coefficient (Wildman–Crippen LogP) is 2.71. The lowest BCUT2D eigenvalue weighted by atomic mass is 10.2. The van der Waals surface area contributed by atoms with Crippen molar-refractivity contribution in [2.45, 2.75) is 12.7 Å². The maximum atomic E-state index is 11.2. The van der Waals surface area contributed by atoms with Gasteiger partial charge in [-0.2, -0.15) is 4.98 Å². The summed E-state index contributed by atoms with van der Waals surface area (Å²) in [5.41, 5.74) is 1.88. The molecule has 7 heteroatoms. The SMILES string of the molecule is O=Cc1cc(-c2nccc(OC3COC3)n2)c(OCc2ccccc2)cn1. The predicted molar refractivity (Wildman–Crippen MR) is 96.7 cm³/mol. The highest BCUT2D eigenvalue weighted by molar-refractivity contribution is 5.77. The van der Waals surface area contributed by atoms with Gasteiger partial charge >= 0.3 is 0 Å². The lowest BCUT2D eigenvalue weighted by Crippen LogP contribution is -2.38. The number of hydrogen-bond donors (Lipinski definition) is 0. The van der Waals surface area contributed by atoms with Crippen molar-refractivity contribution in [3.63, 3.8) is 0 Å². The number of rotatable bonds is 7. The highest BCUT2D eigenvalue weighted by Gasteiger charge is 2.21. The van der Waals surface area contributed by atoms with Crippen LogP contribution in [-0.2, 0) is 11.3 Å². The van der Waals surface area contributed by atoms with Gasteiger partial charge < -0.3 is 14.2 Å². The van der Waals surface area contributed by atoms with Gasteiger partial charge in [0.15, 0.2) is 12.1 Å². The van der Waals surface area contributed by atoms with Crippen molar-refractivity contribution in [3.05, 3.63) is 66.1 Å². The summed E-state index contributed by atoms with van der Waals surface area (Å²) >= 11 is 0. The van der Waals surface area contributed by atoms with Crippen molar-refractivity contribution >= 4 is 6.29 Å². The van der Waals surface area contributed by atoms with Crippen molar-refractivity contribution in [3.8, 4) is 23.0 Å². The monoisotopic (exact) mass is 363 g/mol. The molecule has 0 aliphatic carbocycles. The van der Waals surface area contributed by atoms with E-state index in [0.29, 0.717) is 49.1 Å². The van der Waals surface area contributed by atoms with Crippen LogP contribution in [0.1, 0.15) is 16.1 Å². The Bertz CT molecular complexity index is 930. The van der Waals surface area contributed by atoms with E-state index in [2.05, 4.69) is 15.0 Å². The van der Waals surface area contributed by atoms with Gasteiger partial charge in [-0.15, -0.1) is 0 Å². The van der Waals surface area contributed by atoms with Gasteiger partial charge in [0.05, 0.1) is 25.0 Å². The fourth-order valence-corrected chi connectivity index (χ4v) is 2.54. The number of aldehydes is 1. The van der Waals surface area contributed by atoms with E-state index < -0.39 is 0 Å². The van der Waals surface area contributed by atoms with Crippen molar-refractivity contribution in [1.82, 2.24) is 15.0 Å². The number of nitrogens with zero attached hydrogens (tertiary/aromatic N) is 3. The molecule has 0 radical (unpaired) electrons. The summed E-state index contributed by atoms with van der Waals surface area (Å²) in [7, 11) is 0. The van der Waals surface area contributed by atoms with Crippen LogP contribution in [-0.4, -0.2) is 40.6 Å². The third-order valence-corrected chi connectivity index (χ3v) is 4.01. The van der Waals surface area contributed by atoms with Crippen molar-refractivity contribution in [1.29, 1.82) is 0 Å². The summed E-state index contributed by atoms with van der Waals surface area (Å²) in [6, 6.07) is 13.1. The lowest BCUT2D eigenvalue weighted by Gasteiger charge is -2.26. The molecule has 7 nitrogen and oxygen atoms in total. The van der Waals surface area contributed by atoms with Gasteiger partial charge in [0.25, 0.3) is 0 Å². The number of carbonyl (C=O) groups excluding carboxylic acids is 1. The smallest absolute Gasteiger partial charge is 0.217 e. The van der Waals surface area contributed by atoms with Crippen molar-refractivity contribution < 1.29 is 19.0 Å². The van der Waals surface area contributed by atoms with Crippen LogP contribution in [0.4, 0.5) is 0 Å². The Morgan fingerprint density at radius 3 is 2.74 bits per heavy atom. The average Bonchev–Trinajstić information content (AvgIpc) is 2.70. The van der Waals surface area contributed by atoms with E-state index in [4.69, 9.17) is 14.2 Å². The van der Waals surface area contributed by atoms with E-state index in [1.807, 2.05) is 30.3 Å². The molecule has 4 rings (SSSR count). The maximum Gasteiger partial charge on any atom is 0.217 e. The fourth-order valence-electron chi connectivity index (χ4n) is 2.54. The second-order valence-electron chi connectivity index (χ2n) is 5.99. The first-order valence-electron chi connectivity index (χ1n) is 8.51. The quantitative estimate of drug-likeness (QED) is 0.597. The van der Waals surface area contributed by atoms with E-state index in [-0.39, 0.29) is 11.8 Å². The molecule has 0 amide bonds. The Balaban J connectivity index is 1.61. The molecule has 0 bridgehead atoms. The van der Waals surface area contributed by atoms with Crippen LogP contribution >= 0.6 is 0 Å². The fraction of sp³-hybridized carbons (Fsp3) is 0.200. The first kappa shape index (κ1) is 17.1. The van der Waals surface area contributed by atoms with Crippen LogP contribution in [0.15, 0.2) is 54.9 Å².